The Bertz CT molecular complexity index is 941. The molecule has 1 unspecified atom stereocenters. The molecule has 2 aromatic heterocycles. The first-order valence-electron chi connectivity index (χ1n) is 8.77. The Hall–Kier alpha value is -2.40. The summed E-state index contributed by atoms with van der Waals surface area (Å²) < 4.78 is 1.99. The van der Waals surface area contributed by atoms with Crippen molar-refractivity contribution in [3.63, 3.8) is 0 Å². The predicted molar refractivity (Wildman–Crippen MR) is 101 cm³/mol. The van der Waals surface area contributed by atoms with Crippen molar-refractivity contribution in [3.05, 3.63) is 58.4 Å². The summed E-state index contributed by atoms with van der Waals surface area (Å²) in [5, 5.41) is 4.95. The Labute approximate surface area is 148 Å². The van der Waals surface area contributed by atoms with Crippen LogP contribution in [0, 0.1) is 13.8 Å². The maximum atomic E-state index is 4.95. The minimum Gasteiger partial charge on any atom is -0.362 e. The second kappa shape index (κ2) is 5.85. The highest BCUT2D eigenvalue weighted by molar-refractivity contribution is 5.56. The Morgan fingerprint density at radius 1 is 1.12 bits per heavy atom. The van der Waals surface area contributed by atoms with Crippen LogP contribution in [0.4, 0.5) is 5.82 Å². The van der Waals surface area contributed by atoms with Crippen LogP contribution in [0.5, 0.6) is 0 Å². The Balaban J connectivity index is 1.82. The average molecular weight is 335 g/mol. The number of aryl methyl sites for hydroxylation is 1. The SMILES string of the molecule is Cc1nc2cc(C3Cc4ccccc4CN3C)nn2c(N(C)C)c1C. The average Bonchev–Trinajstić information content (AvgIpc) is 2.97. The van der Waals surface area contributed by atoms with Gasteiger partial charge in [0.15, 0.2) is 5.65 Å². The molecule has 0 N–H and O–H groups in total. The van der Waals surface area contributed by atoms with Crippen LogP contribution in [-0.4, -0.2) is 40.6 Å². The summed E-state index contributed by atoms with van der Waals surface area (Å²) in [6, 6.07) is 11.1. The van der Waals surface area contributed by atoms with Crippen molar-refractivity contribution in [3.8, 4) is 0 Å². The van der Waals surface area contributed by atoms with Gasteiger partial charge in [0.1, 0.15) is 5.82 Å². The Morgan fingerprint density at radius 2 is 1.84 bits per heavy atom. The molecular weight excluding hydrogens is 310 g/mol. The van der Waals surface area contributed by atoms with E-state index in [4.69, 9.17) is 10.1 Å². The zero-order valence-electron chi connectivity index (χ0n) is 15.6. The first kappa shape index (κ1) is 16.1. The molecule has 5 heteroatoms. The number of fused-ring (bicyclic) bond motifs is 2. The zero-order valence-corrected chi connectivity index (χ0v) is 15.6. The molecule has 25 heavy (non-hydrogen) atoms. The van der Waals surface area contributed by atoms with Crippen LogP contribution in [0.15, 0.2) is 30.3 Å². The van der Waals surface area contributed by atoms with E-state index < -0.39 is 0 Å². The van der Waals surface area contributed by atoms with E-state index in [0.717, 1.165) is 35.8 Å². The lowest BCUT2D eigenvalue weighted by Gasteiger charge is -2.32. The first-order valence-corrected chi connectivity index (χ1v) is 8.77. The quantitative estimate of drug-likeness (QED) is 0.721. The molecule has 0 saturated carbocycles. The zero-order chi connectivity index (χ0) is 17.7. The molecule has 1 aliphatic rings. The van der Waals surface area contributed by atoms with Gasteiger partial charge in [-0.3, -0.25) is 4.90 Å². The molecule has 0 amide bonds. The van der Waals surface area contributed by atoms with Crippen LogP contribution in [0.25, 0.3) is 5.65 Å². The van der Waals surface area contributed by atoms with Gasteiger partial charge >= 0.3 is 0 Å². The second-order valence-electron chi connectivity index (χ2n) is 7.28. The molecular formula is C20H25N5. The number of hydrogen-bond acceptors (Lipinski definition) is 4. The van der Waals surface area contributed by atoms with Crippen LogP contribution in [0.3, 0.4) is 0 Å². The third kappa shape index (κ3) is 2.59. The number of likely N-dealkylation sites (N-methyl/N-ethyl adjacent to an activating group) is 1. The predicted octanol–water partition coefficient (Wildman–Crippen LogP) is 3.14. The minimum absolute atomic E-state index is 0.284. The molecule has 1 aromatic carbocycles. The molecule has 0 saturated heterocycles. The van der Waals surface area contributed by atoms with E-state index in [1.165, 1.54) is 16.7 Å². The van der Waals surface area contributed by atoms with Gasteiger partial charge in [-0.05, 0) is 38.4 Å². The minimum atomic E-state index is 0.284. The fourth-order valence-electron chi connectivity index (χ4n) is 3.87. The maximum absolute atomic E-state index is 4.95. The lowest BCUT2D eigenvalue weighted by atomic mass is 9.93. The van der Waals surface area contributed by atoms with Crippen LogP contribution >= 0.6 is 0 Å². The third-order valence-corrected chi connectivity index (χ3v) is 5.32. The van der Waals surface area contributed by atoms with Gasteiger partial charge in [0.05, 0.1) is 11.7 Å². The van der Waals surface area contributed by atoms with Gasteiger partial charge in [0.25, 0.3) is 0 Å². The molecule has 0 radical (unpaired) electrons. The molecule has 0 spiro atoms. The number of hydrogen-bond donors (Lipinski definition) is 0. The van der Waals surface area contributed by atoms with Crippen molar-refractivity contribution < 1.29 is 0 Å². The van der Waals surface area contributed by atoms with Crippen molar-refractivity contribution >= 4 is 11.5 Å². The van der Waals surface area contributed by atoms with Gasteiger partial charge in [-0.25, -0.2) is 4.98 Å². The smallest absolute Gasteiger partial charge is 0.157 e. The fourth-order valence-corrected chi connectivity index (χ4v) is 3.87. The van der Waals surface area contributed by atoms with E-state index in [2.05, 4.69) is 75.1 Å². The summed E-state index contributed by atoms with van der Waals surface area (Å²) in [4.78, 5) is 9.27. The molecule has 130 valence electrons. The molecule has 0 aliphatic carbocycles. The summed E-state index contributed by atoms with van der Waals surface area (Å²) in [5.41, 5.74) is 7.10. The highest BCUT2D eigenvalue weighted by atomic mass is 15.3. The highest BCUT2D eigenvalue weighted by Crippen LogP contribution is 2.32. The summed E-state index contributed by atoms with van der Waals surface area (Å²) in [6.07, 6.45) is 0.992. The van der Waals surface area contributed by atoms with Gasteiger partial charge in [-0.1, -0.05) is 24.3 Å². The van der Waals surface area contributed by atoms with Gasteiger partial charge in [-0.2, -0.15) is 9.61 Å². The van der Waals surface area contributed by atoms with Crippen molar-refractivity contribution in [1.82, 2.24) is 19.5 Å². The van der Waals surface area contributed by atoms with E-state index in [-0.39, 0.29) is 6.04 Å². The first-order chi connectivity index (χ1) is 12.0. The molecule has 4 rings (SSSR count). The number of benzene rings is 1. The van der Waals surface area contributed by atoms with Crippen LogP contribution in [0.2, 0.25) is 0 Å². The molecule has 1 aliphatic heterocycles. The summed E-state index contributed by atoms with van der Waals surface area (Å²) in [6.45, 7) is 5.14. The van der Waals surface area contributed by atoms with Crippen molar-refractivity contribution in [2.75, 3.05) is 26.0 Å². The van der Waals surface area contributed by atoms with Crippen LogP contribution < -0.4 is 4.90 Å². The van der Waals surface area contributed by atoms with Crippen LogP contribution in [0.1, 0.15) is 34.1 Å². The van der Waals surface area contributed by atoms with Crippen molar-refractivity contribution in [2.24, 2.45) is 0 Å². The molecule has 1 atom stereocenters. The van der Waals surface area contributed by atoms with E-state index in [0.29, 0.717) is 0 Å². The molecule has 5 nitrogen and oxygen atoms in total. The van der Waals surface area contributed by atoms with Gasteiger partial charge < -0.3 is 4.90 Å². The number of anilines is 1. The number of aromatic nitrogens is 3. The highest BCUT2D eigenvalue weighted by Gasteiger charge is 2.27. The van der Waals surface area contributed by atoms with E-state index >= 15 is 0 Å². The van der Waals surface area contributed by atoms with E-state index in [1.807, 2.05) is 4.52 Å². The lowest BCUT2D eigenvalue weighted by Crippen LogP contribution is -2.31. The number of nitrogens with zero attached hydrogens (tertiary/aromatic N) is 5. The molecule has 0 bridgehead atoms. The van der Waals surface area contributed by atoms with Gasteiger partial charge in [0.2, 0.25) is 0 Å². The van der Waals surface area contributed by atoms with Gasteiger partial charge in [-0.15, -0.1) is 0 Å². The molecule has 3 heterocycles. The largest absolute Gasteiger partial charge is 0.362 e. The Morgan fingerprint density at radius 3 is 2.56 bits per heavy atom. The summed E-state index contributed by atoms with van der Waals surface area (Å²) in [7, 11) is 6.30. The monoisotopic (exact) mass is 335 g/mol. The van der Waals surface area contributed by atoms with Crippen LogP contribution in [-0.2, 0) is 13.0 Å². The normalized spacial score (nSPS) is 17.7. The number of rotatable bonds is 2. The topological polar surface area (TPSA) is 36.7 Å². The fraction of sp³-hybridized carbons (Fsp3) is 0.400. The summed E-state index contributed by atoms with van der Waals surface area (Å²) in [5.74, 6) is 1.10. The standard InChI is InChI=1S/C20H25N5/c1-13-14(2)21-19-11-17(22-25(19)20(13)23(3)4)18-10-15-8-6-7-9-16(15)12-24(18)5/h6-9,11,18H,10,12H2,1-5H3. The van der Waals surface area contributed by atoms with Crippen molar-refractivity contribution in [2.45, 2.75) is 32.9 Å². The van der Waals surface area contributed by atoms with E-state index in [9.17, 15) is 0 Å². The maximum Gasteiger partial charge on any atom is 0.157 e. The Kier molecular flexibility index (Phi) is 3.76. The molecule has 0 fully saturated rings. The molecule has 3 aromatic rings. The lowest BCUT2D eigenvalue weighted by molar-refractivity contribution is 0.213. The summed E-state index contributed by atoms with van der Waals surface area (Å²) >= 11 is 0. The third-order valence-electron chi connectivity index (χ3n) is 5.32. The van der Waals surface area contributed by atoms with Gasteiger partial charge in [0, 0.05) is 38.0 Å². The van der Waals surface area contributed by atoms with E-state index in [1.54, 1.807) is 0 Å². The van der Waals surface area contributed by atoms with Crippen molar-refractivity contribution in [1.29, 1.82) is 0 Å². The second-order valence-corrected chi connectivity index (χ2v) is 7.28.